The molecule has 0 aliphatic carbocycles. The van der Waals surface area contributed by atoms with Crippen LogP contribution in [0.3, 0.4) is 0 Å². The normalized spacial score (nSPS) is 12.6. The molecule has 0 atom stereocenters. The Morgan fingerprint density at radius 1 is 0.679 bits per heavy atom. The summed E-state index contributed by atoms with van der Waals surface area (Å²) in [5.41, 5.74) is 5.05. The number of fused-ring (bicyclic) bond motifs is 2. The van der Waals surface area contributed by atoms with Crippen molar-refractivity contribution in [1.82, 2.24) is 4.98 Å². The van der Waals surface area contributed by atoms with E-state index in [9.17, 15) is 0 Å². The van der Waals surface area contributed by atoms with Gasteiger partial charge in [-0.3, -0.25) is 4.98 Å². The first-order valence-electron chi connectivity index (χ1n) is 10.1. The third-order valence-corrected chi connectivity index (χ3v) is 5.68. The lowest BCUT2D eigenvalue weighted by Gasteiger charge is -2.30. The summed E-state index contributed by atoms with van der Waals surface area (Å²) < 4.78 is 0. The molecule has 1 nitrogen and oxygen atoms in total. The zero-order chi connectivity index (χ0) is 19.9. The van der Waals surface area contributed by atoms with Crippen LogP contribution >= 0.6 is 0 Å². The van der Waals surface area contributed by atoms with E-state index in [1.165, 1.54) is 33.0 Å². The zero-order valence-corrected chi connectivity index (χ0v) is 17.6. The summed E-state index contributed by atoms with van der Waals surface area (Å²) in [6.45, 7) is 11.5. The van der Waals surface area contributed by atoms with E-state index in [-0.39, 0.29) is 10.8 Å². The Morgan fingerprint density at radius 2 is 1.32 bits per heavy atom. The summed E-state index contributed by atoms with van der Waals surface area (Å²) in [5, 5.41) is 3.82. The van der Waals surface area contributed by atoms with Crippen LogP contribution in [0.5, 0.6) is 0 Å². The molecule has 0 bridgehead atoms. The van der Waals surface area contributed by atoms with Crippen LogP contribution in [0.1, 0.15) is 51.4 Å². The average molecular weight is 368 g/mol. The lowest BCUT2D eigenvalue weighted by atomic mass is 9.76. The first kappa shape index (κ1) is 18.7. The van der Waals surface area contributed by atoms with Crippen LogP contribution < -0.4 is 0 Å². The minimum atomic E-state index is 0.0127. The van der Waals surface area contributed by atoms with E-state index in [0.717, 1.165) is 11.9 Å². The number of benzene rings is 3. The van der Waals surface area contributed by atoms with Gasteiger partial charge in [-0.1, -0.05) is 95.3 Å². The highest BCUT2D eigenvalue weighted by molar-refractivity contribution is 5.83. The monoisotopic (exact) mass is 367 g/mol. The van der Waals surface area contributed by atoms with Crippen molar-refractivity contribution in [1.29, 1.82) is 0 Å². The van der Waals surface area contributed by atoms with Gasteiger partial charge >= 0.3 is 0 Å². The summed E-state index contributed by atoms with van der Waals surface area (Å²) in [4.78, 5) is 5.07. The summed E-state index contributed by atoms with van der Waals surface area (Å²) in [6.07, 6.45) is 0.968. The van der Waals surface area contributed by atoms with Crippen molar-refractivity contribution in [3.05, 3.63) is 89.6 Å². The lowest BCUT2D eigenvalue weighted by Crippen LogP contribution is -2.24. The Morgan fingerprint density at radius 3 is 2.04 bits per heavy atom. The van der Waals surface area contributed by atoms with Crippen molar-refractivity contribution in [3.8, 4) is 0 Å². The molecule has 28 heavy (non-hydrogen) atoms. The smallest absolute Gasteiger partial charge is 0.0705 e. The van der Waals surface area contributed by atoms with E-state index in [0.29, 0.717) is 0 Å². The van der Waals surface area contributed by atoms with E-state index in [4.69, 9.17) is 4.98 Å². The molecule has 0 fully saturated rings. The molecule has 0 spiro atoms. The van der Waals surface area contributed by atoms with Gasteiger partial charge < -0.3 is 0 Å². The molecule has 0 N–H and O–H groups in total. The molecule has 0 radical (unpaired) electrons. The first-order valence-corrected chi connectivity index (χ1v) is 10.1. The molecule has 0 saturated carbocycles. The predicted molar refractivity (Wildman–Crippen MR) is 121 cm³/mol. The minimum Gasteiger partial charge on any atom is -0.252 e. The van der Waals surface area contributed by atoms with Gasteiger partial charge in [0.15, 0.2) is 0 Å². The van der Waals surface area contributed by atoms with Gasteiger partial charge in [-0.05, 0) is 45.9 Å². The van der Waals surface area contributed by atoms with Crippen LogP contribution in [0.25, 0.3) is 21.7 Å². The number of rotatable bonds is 3. The molecule has 0 unspecified atom stereocenters. The largest absolute Gasteiger partial charge is 0.252 e. The molecule has 3 aromatic carbocycles. The standard InChI is InChI=1S/C27H29N/c1-26(2,3)25-22(16-21-12-8-9-13-24(21)28-25)18-27(4,5)23-15-14-19-10-6-7-11-20(19)17-23/h6-17H,18H2,1-5H3. The van der Waals surface area contributed by atoms with Gasteiger partial charge in [0.1, 0.15) is 0 Å². The van der Waals surface area contributed by atoms with Crippen LogP contribution in [0.2, 0.25) is 0 Å². The Hall–Kier alpha value is -2.67. The number of aromatic nitrogens is 1. The number of nitrogens with zero attached hydrogens (tertiary/aromatic N) is 1. The van der Waals surface area contributed by atoms with Crippen LogP contribution in [0.4, 0.5) is 0 Å². The van der Waals surface area contributed by atoms with Gasteiger partial charge in [0.2, 0.25) is 0 Å². The SMILES string of the molecule is CC(C)(C)c1nc2ccccc2cc1CC(C)(C)c1ccc2ccccc2c1. The second-order valence-corrected chi connectivity index (χ2v) is 9.56. The Balaban J connectivity index is 1.80. The fourth-order valence-electron chi connectivity index (χ4n) is 4.13. The Labute approximate surface area is 168 Å². The Kier molecular flexibility index (Phi) is 4.50. The summed E-state index contributed by atoms with van der Waals surface area (Å²) in [5.74, 6) is 0. The van der Waals surface area contributed by atoms with Gasteiger partial charge in [-0.25, -0.2) is 0 Å². The topological polar surface area (TPSA) is 12.9 Å². The van der Waals surface area contributed by atoms with Crippen molar-refractivity contribution >= 4 is 21.7 Å². The average Bonchev–Trinajstić information content (AvgIpc) is 2.66. The molecular weight excluding hydrogens is 338 g/mol. The van der Waals surface area contributed by atoms with Gasteiger partial charge in [0.05, 0.1) is 5.52 Å². The van der Waals surface area contributed by atoms with E-state index in [1.807, 2.05) is 0 Å². The first-order chi connectivity index (χ1) is 13.2. The van der Waals surface area contributed by atoms with Crippen molar-refractivity contribution < 1.29 is 0 Å². The molecule has 142 valence electrons. The van der Waals surface area contributed by atoms with Gasteiger partial charge in [0, 0.05) is 16.5 Å². The lowest BCUT2D eigenvalue weighted by molar-refractivity contribution is 0.501. The van der Waals surface area contributed by atoms with Crippen molar-refractivity contribution in [3.63, 3.8) is 0 Å². The number of pyridine rings is 1. The van der Waals surface area contributed by atoms with Crippen LogP contribution in [-0.4, -0.2) is 4.98 Å². The number of para-hydroxylation sites is 1. The van der Waals surface area contributed by atoms with Crippen LogP contribution in [0.15, 0.2) is 72.8 Å². The molecule has 1 heterocycles. The van der Waals surface area contributed by atoms with E-state index < -0.39 is 0 Å². The summed E-state index contributed by atoms with van der Waals surface area (Å²) in [7, 11) is 0. The molecule has 0 saturated heterocycles. The molecule has 0 aliphatic heterocycles. The molecule has 0 aliphatic rings. The highest BCUT2D eigenvalue weighted by Gasteiger charge is 2.27. The predicted octanol–water partition coefficient (Wildman–Crippen LogP) is 7.21. The van der Waals surface area contributed by atoms with Crippen LogP contribution in [-0.2, 0) is 17.3 Å². The van der Waals surface area contributed by atoms with Gasteiger partial charge in [-0.2, -0.15) is 0 Å². The quantitative estimate of drug-likeness (QED) is 0.373. The zero-order valence-electron chi connectivity index (χ0n) is 17.6. The van der Waals surface area contributed by atoms with E-state index in [1.54, 1.807) is 0 Å². The number of hydrogen-bond acceptors (Lipinski definition) is 1. The molecule has 4 rings (SSSR count). The highest BCUT2D eigenvalue weighted by Crippen LogP contribution is 2.35. The second kappa shape index (κ2) is 6.74. The van der Waals surface area contributed by atoms with Crippen molar-refractivity contribution in [2.24, 2.45) is 0 Å². The number of hydrogen-bond donors (Lipinski definition) is 0. The summed E-state index contributed by atoms with van der Waals surface area (Å²) >= 11 is 0. The molecule has 0 amide bonds. The third kappa shape index (κ3) is 3.54. The Bertz CT molecular complexity index is 1150. The van der Waals surface area contributed by atoms with Crippen molar-refractivity contribution in [2.75, 3.05) is 0 Å². The van der Waals surface area contributed by atoms with Gasteiger partial charge in [0.25, 0.3) is 0 Å². The van der Waals surface area contributed by atoms with Crippen molar-refractivity contribution in [2.45, 2.75) is 51.9 Å². The van der Waals surface area contributed by atoms with E-state index in [2.05, 4.69) is 107 Å². The van der Waals surface area contributed by atoms with Crippen LogP contribution in [0, 0.1) is 0 Å². The van der Waals surface area contributed by atoms with E-state index >= 15 is 0 Å². The molecule has 1 aromatic heterocycles. The third-order valence-electron chi connectivity index (χ3n) is 5.68. The fraction of sp³-hybridized carbons (Fsp3) is 0.296. The molecular formula is C27H29N. The summed E-state index contributed by atoms with van der Waals surface area (Å²) in [6, 6.07) is 26.3. The highest BCUT2D eigenvalue weighted by atomic mass is 14.7. The second-order valence-electron chi connectivity index (χ2n) is 9.56. The maximum absolute atomic E-state index is 5.07. The molecule has 1 heteroatoms. The van der Waals surface area contributed by atoms with Gasteiger partial charge in [-0.15, -0.1) is 0 Å². The fourth-order valence-corrected chi connectivity index (χ4v) is 4.13. The maximum Gasteiger partial charge on any atom is 0.0705 e. The maximum atomic E-state index is 5.07. The molecule has 4 aromatic rings. The minimum absolute atomic E-state index is 0.0127.